The van der Waals surface area contributed by atoms with Crippen molar-refractivity contribution in [2.45, 2.75) is 39.0 Å². The summed E-state index contributed by atoms with van der Waals surface area (Å²) < 4.78 is 1.22. The van der Waals surface area contributed by atoms with Crippen molar-refractivity contribution in [1.29, 1.82) is 5.41 Å². The second-order valence-electron chi connectivity index (χ2n) is 4.71. The Bertz CT molecular complexity index is 548. The average Bonchev–Trinajstić information content (AvgIpc) is 2.78. The Labute approximate surface area is 124 Å². The highest BCUT2D eigenvalue weighted by Gasteiger charge is 2.04. The lowest BCUT2D eigenvalue weighted by molar-refractivity contribution is 0.667. The van der Waals surface area contributed by atoms with Gasteiger partial charge in [0.1, 0.15) is 5.84 Å². The van der Waals surface area contributed by atoms with Gasteiger partial charge in [-0.25, -0.2) is 0 Å². The van der Waals surface area contributed by atoms with Crippen LogP contribution in [0.25, 0.3) is 10.1 Å². The first kappa shape index (κ1) is 16.0. The minimum atomic E-state index is 0. The number of thiophene rings is 1. The number of nitrogens with one attached hydrogen (secondary N) is 1. The number of benzene rings is 1. The molecule has 0 aliphatic rings. The zero-order valence-corrected chi connectivity index (χ0v) is 12.9. The Kier molecular flexibility index (Phi) is 6.32. The molecule has 2 rings (SSSR count). The molecular formula is C15H21ClN2S. The first-order chi connectivity index (χ1) is 8.70. The molecule has 0 saturated heterocycles. The molecule has 1 heterocycles. The van der Waals surface area contributed by atoms with Crippen molar-refractivity contribution < 1.29 is 0 Å². The number of hydrogen-bond acceptors (Lipinski definition) is 2. The summed E-state index contributed by atoms with van der Waals surface area (Å²) in [6.07, 6.45) is 6.35. The lowest BCUT2D eigenvalue weighted by Gasteiger charge is -2.01. The topological polar surface area (TPSA) is 49.9 Å². The number of hydrogen-bond donors (Lipinski definition) is 2. The molecule has 104 valence electrons. The maximum absolute atomic E-state index is 7.47. The molecule has 0 atom stereocenters. The summed E-state index contributed by atoms with van der Waals surface area (Å²) in [5.41, 5.74) is 6.92. The Morgan fingerprint density at radius 1 is 1.21 bits per heavy atom. The van der Waals surface area contributed by atoms with Crippen LogP contribution in [-0.2, 0) is 6.42 Å². The molecule has 0 aliphatic heterocycles. The van der Waals surface area contributed by atoms with Crippen LogP contribution < -0.4 is 5.73 Å². The predicted molar refractivity (Wildman–Crippen MR) is 87.9 cm³/mol. The molecular weight excluding hydrogens is 276 g/mol. The van der Waals surface area contributed by atoms with Crippen molar-refractivity contribution in [3.8, 4) is 0 Å². The van der Waals surface area contributed by atoms with Crippen LogP contribution in [0.5, 0.6) is 0 Å². The highest BCUT2D eigenvalue weighted by atomic mass is 35.5. The number of halogens is 1. The number of fused-ring (bicyclic) bond motifs is 1. The van der Waals surface area contributed by atoms with Crippen molar-refractivity contribution in [3.05, 3.63) is 34.7 Å². The Morgan fingerprint density at radius 2 is 2.00 bits per heavy atom. The van der Waals surface area contributed by atoms with E-state index >= 15 is 0 Å². The largest absolute Gasteiger partial charge is 0.383 e. The second-order valence-corrected chi connectivity index (χ2v) is 5.79. The van der Waals surface area contributed by atoms with Crippen molar-refractivity contribution >= 4 is 39.7 Å². The molecule has 0 fully saturated rings. The van der Waals surface area contributed by atoms with Crippen LogP contribution in [-0.4, -0.2) is 5.84 Å². The highest BCUT2D eigenvalue weighted by Crippen LogP contribution is 2.26. The number of nitrogen functional groups attached to an aromatic ring is 1. The van der Waals surface area contributed by atoms with Crippen LogP contribution in [0.1, 0.15) is 43.0 Å². The van der Waals surface area contributed by atoms with Gasteiger partial charge in [-0.3, -0.25) is 5.41 Å². The molecule has 0 radical (unpaired) electrons. The van der Waals surface area contributed by atoms with Gasteiger partial charge in [0, 0.05) is 4.70 Å². The predicted octanol–water partition coefficient (Wildman–Crippen LogP) is 4.73. The molecule has 0 bridgehead atoms. The zero-order chi connectivity index (χ0) is 13.0. The fraction of sp³-hybridized carbons (Fsp3) is 0.400. The lowest BCUT2D eigenvalue weighted by atomic mass is 10.0. The third kappa shape index (κ3) is 4.22. The van der Waals surface area contributed by atoms with Crippen molar-refractivity contribution in [1.82, 2.24) is 0 Å². The summed E-state index contributed by atoms with van der Waals surface area (Å²) in [6.45, 7) is 2.24. The molecule has 0 aliphatic carbocycles. The van der Waals surface area contributed by atoms with Crippen LogP contribution in [0.15, 0.2) is 24.3 Å². The van der Waals surface area contributed by atoms with Crippen LogP contribution in [0.4, 0.5) is 0 Å². The summed E-state index contributed by atoms with van der Waals surface area (Å²) in [5, 5.41) is 8.69. The van der Waals surface area contributed by atoms with Gasteiger partial charge in [0.25, 0.3) is 0 Å². The first-order valence-corrected chi connectivity index (χ1v) is 7.39. The monoisotopic (exact) mass is 296 g/mol. The Balaban J connectivity index is 0.00000180. The fourth-order valence-corrected chi connectivity index (χ4v) is 3.04. The molecule has 2 aromatic rings. The highest BCUT2D eigenvalue weighted by molar-refractivity contribution is 7.20. The quantitative estimate of drug-likeness (QED) is 0.452. The normalized spacial score (nSPS) is 10.4. The molecule has 4 heteroatoms. The Hall–Kier alpha value is -1.06. The van der Waals surface area contributed by atoms with Gasteiger partial charge in [0.05, 0.1) is 4.88 Å². The van der Waals surface area contributed by atoms with Gasteiger partial charge >= 0.3 is 0 Å². The maximum Gasteiger partial charge on any atom is 0.133 e. The third-order valence-corrected chi connectivity index (χ3v) is 4.31. The summed E-state index contributed by atoms with van der Waals surface area (Å²) in [5.74, 6) is 0.167. The number of unbranched alkanes of at least 4 members (excludes halogenated alkanes) is 3. The van der Waals surface area contributed by atoms with Crippen LogP contribution in [0.2, 0.25) is 0 Å². The molecule has 0 amide bonds. The molecule has 1 aromatic carbocycles. The lowest BCUT2D eigenvalue weighted by Crippen LogP contribution is -2.08. The molecule has 0 spiro atoms. The summed E-state index contributed by atoms with van der Waals surface area (Å²) in [4.78, 5) is 0.869. The standard InChI is InChI=1S/C15H20N2S.ClH/c1-2-3-4-5-6-11-7-8-13-12(9-11)10-14(18-13)15(16)17;/h7-10H,2-6H2,1H3,(H3,16,17);1H. The smallest absolute Gasteiger partial charge is 0.133 e. The van der Waals surface area contributed by atoms with E-state index in [0.29, 0.717) is 0 Å². The summed E-state index contributed by atoms with van der Waals surface area (Å²) in [6, 6.07) is 8.62. The van der Waals surface area contributed by atoms with E-state index in [-0.39, 0.29) is 18.2 Å². The van der Waals surface area contributed by atoms with Crippen LogP contribution >= 0.6 is 23.7 Å². The van der Waals surface area contributed by atoms with Crippen LogP contribution in [0, 0.1) is 5.41 Å². The van der Waals surface area contributed by atoms with E-state index in [1.807, 2.05) is 6.07 Å². The molecule has 2 nitrogen and oxygen atoms in total. The van der Waals surface area contributed by atoms with E-state index in [1.165, 1.54) is 41.3 Å². The van der Waals surface area contributed by atoms with Gasteiger partial charge in [-0.05, 0) is 35.9 Å². The SMILES string of the molecule is CCCCCCc1ccc2sc(C(=N)N)cc2c1.Cl. The van der Waals surface area contributed by atoms with Gasteiger partial charge in [-0.1, -0.05) is 38.3 Å². The molecule has 0 unspecified atom stereocenters. The van der Waals surface area contributed by atoms with E-state index in [1.54, 1.807) is 11.3 Å². The second kappa shape index (κ2) is 7.51. The third-order valence-electron chi connectivity index (χ3n) is 3.17. The number of aryl methyl sites for hydroxylation is 1. The van der Waals surface area contributed by atoms with Gasteiger partial charge in [-0.15, -0.1) is 23.7 Å². The minimum Gasteiger partial charge on any atom is -0.383 e. The number of nitrogens with two attached hydrogens (primary N) is 1. The maximum atomic E-state index is 7.47. The summed E-state index contributed by atoms with van der Waals surface area (Å²) >= 11 is 1.60. The van der Waals surface area contributed by atoms with Crippen molar-refractivity contribution in [2.75, 3.05) is 0 Å². The van der Waals surface area contributed by atoms with Gasteiger partial charge in [0.2, 0.25) is 0 Å². The number of amidine groups is 1. The summed E-state index contributed by atoms with van der Waals surface area (Å²) in [7, 11) is 0. The average molecular weight is 297 g/mol. The fourth-order valence-electron chi connectivity index (χ4n) is 2.14. The van der Waals surface area contributed by atoms with E-state index in [2.05, 4.69) is 25.1 Å². The molecule has 19 heavy (non-hydrogen) atoms. The zero-order valence-electron chi connectivity index (χ0n) is 11.2. The van der Waals surface area contributed by atoms with E-state index < -0.39 is 0 Å². The van der Waals surface area contributed by atoms with E-state index in [9.17, 15) is 0 Å². The molecule has 3 N–H and O–H groups in total. The molecule has 1 aromatic heterocycles. The van der Waals surface area contributed by atoms with E-state index in [0.717, 1.165) is 11.3 Å². The van der Waals surface area contributed by atoms with Crippen molar-refractivity contribution in [3.63, 3.8) is 0 Å². The van der Waals surface area contributed by atoms with Gasteiger partial charge < -0.3 is 5.73 Å². The van der Waals surface area contributed by atoms with Gasteiger partial charge in [-0.2, -0.15) is 0 Å². The first-order valence-electron chi connectivity index (χ1n) is 6.57. The van der Waals surface area contributed by atoms with Crippen molar-refractivity contribution in [2.24, 2.45) is 5.73 Å². The minimum absolute atomic E-state index is 0. The van der Waals surface area contributed by atoms with E-state index in [4.69, 9.17) is 11.1 Å². The molecule has 0 saturated carbocycles. The van der Waals surface area contributed by atoms with Gasteiger partial charge in [0.15, 0.2) is 0 Å². The Morgan fingerprint density at radius 3 is 2.68 bits per heavy atom. The van der Waals surface area contributed by atoms with Crippen LogP contribution in [0.3, 0.4) is 0 Å². The number of rotatable bonds is 6.